The smallest absolute Gasteiger partial charge is 0.00827 e. The highest BCUT2D eigenvalue weighted by Gasteiger charge is 2.55. The zero-order valence-corrected chi connectivity index (χ0v) is 20.4. The minimum Gasteiger partial charge on any atom is -0.0996 e. The summed E-state index contributed by atoms with van der Waals surface area (Å²) in [5.41, 5.74) is 6.53. The summed E-state index contributed by atoms with van der Waals surface area (Å²) in [6.07, 6.45) is 15.8. The molecule has 0 heteroatoms. The molecule has 29 heavy (non-hydrogen) atoms. The third kappa shape index (κ3) is 3.49. The Labute approximate surface area is 182 Å². The van der Waals surface area contributed by atoms with Gasteiger partial charge in [-0.2, -0.15) is 0 Å². The van der Waals surface area contributed by atoms with E-state index in [-0.39, 0.29) is 0 Å². The van der Waals surface area contributed by atoms with E-state index in [9.17, 15) is 0 Å². The van der Waals surface area contributed by atoms with Gasteiger partial charge in [-0.15, -0.1) is 0 Å². The van der Waals surface area contributed by atoms with Crippen molar-refractivity contribution in [1.82, 2.24) is 0 Å². The van der Waals surface area contributed by atoms with Crippen molar-refractivity contribution >= 4 is 0 Å². The summed E-state index contributed by atoms with van der Waals surface area (Å²) < 4.78 is 0. The number of allylic oxidation sites excluding steroid dienone is 3. The van der Waals surface area contributed by atoms with Gasteiger partial charge in [0.2, 0.25) is 0 Å². The van der Waals surface area contributed by atoms with Crippen LogP contribution in [0.1, 0.15) is 112 Å². The average Bonchev–Trinajstić information content (AvgIpc) is 3.03. The van der Waals surface area contributed by atoms with Crippen LogP contribution >= 0.6 is 0 Å². The lowest BCUT2D eigenvalue weighted by molar-refractivity contribution is 0.0440. The molecule has 0 aliphatic heterocycles. The fraction of sp³-hybridized carbons (Fsp3) is 0.862. The number of rotatable bonds is 5. The molecule has 4 rings (SSSR count). The van der Waals surface area contributed by atoms with Crippen molar-refractivity contribution in [3.05, 3.63) is 23.3 Å². The summed E-state index contributed by atoms with van der Waals surface area (Å²) in [4.78, 5) is 0. The molecular formula is C29H48. The van der Waals surface area contributed by atoms with Crippen LogP contribution in [0.3, 0.4) is 0 Å². The zero-order valence-electron chi connectivity index (χ0n) is 20.4. The summed E-state index contributed by atoms with van der Waals surface area (Å²) in [7, 11) is 0. The van der Waals surface area contributed by atoms with E-state index in [4.69, 9.17) is 0 Å². The summed E-state index contributed by atoms with van der Waals surface area (Å²) in [6, 6.07) is 0. The Kier molecular flexibility index (Phi) is 5.89. The van der Waals surface area contributed by atoms with E-state index >= 15 is 0 Å². The number of fused-ring (bicyclic) bond motifs is 4. The molecule has 0 nitrogen and oxygen atoms in total. The van der Waals surface area contributed by atoms with Crippen LogP contribution in [0, 0.1) is 46.3 Å². The van der Waals surface area contributed by atoms with Gasteiger partial charge in [-0.1, -0.05) is 77.7 Å². The van der Waals surface area contributed by atoms with Gasteiger partial charge in [0.15, 0.2) is 0 Å². The first-order chi connectivity index (χ1) is 13.7. The first kappa shape index (κ1) is 21.7. The molecule has 0 saturated heterocycles. The summed E-state index contributed by atoms with van der Waals surface area (Å²) >= 11 is 0. The highest BCUT2D eigenvalue weighted by Crippen LogP contribution is 2.66. The van der Waals surface area contributed by atoms with Crippen LogP contribution in [0.4, 0.5) is 0 Å². The third-order valence-electron chi connectivity index (χ3n) is 10.8. The van der Waals surface area contributed by atoms with E-state index in [0.29, 0.717) is 16.7 Å². The molecule has 0 N–H and O–H groups in total. The molecular weight excluding hydrogens is 348 g/mol. The lowest BCUT2D eigenvalue weighted by atomic mass is 9.49. The largest absolute Gasteiger partial charge is 0.0996 e. The van der Waals surface area contributed by atoms with Crippen molar-refractivity contribution in [2.75, 3.05) is 0 Å². The maximum atomic E-state index is 4.35. The van der Waals surface area contributed by atoms with Crippen LogP contribution in [-0.2, 0) is 0 Å². The second-order valence-electron chi connectivity index (χ2n) is 12.5. The maximum absolute atomic E-state index is 4.35. The second kappa shape index (κ2) is 7.87. The lowest BCUT2D eigenvalue weighted by Crippen LogP contribution is -2.45. The van der Waals surface area contributed by atoms with Crippen molar-refractivity contribution in [2.45, 2.75) is 112 Å². The molecule has 0 aromatic heterocycles. The first-order valence-electron chi connectivity index (χ1n) is 13.1. The number of hydrogen-bond acceptors (Lipinski definition) is 0. The van der Waals surface area contributed by atoms with Crippen LogP contribution < -0.4 is 0 Å². The highest BCUT2D eigenvalue weighted by atomic mass is 14.6. The summed E-state index contributed by atoms with van der Waals surface area (Å²) in [5, 5.41) is 0. The van der Waals surface area contributed by atoms with E-state index in [1.54, 1.807) is 0 Å². The van der Waals surface area contributed by atoms with E-state index in [2.05, 4.69) is 48.1 Å². The van der Waals surface area contributed by atoms with E-state index < -0.39 is 0 Å². The molecule has 2 fully saturated rings. The third-order valence-corrected chi connectivity index (χ3v) is 10.8. The van der Waals surface area contributed by atoms with Crippen LogP contribution in [0.5, 0.6) is 0 Å². The molecule has 0 radical (unpaired) electrons. The zero-order chi connectivity index (χ0) is 21.0. The Morgan fingerprint density at radius 3 is 2.52 bits per heavy atom. The molecule has 0 heterocycles. The lowest BCUT2D eigenvalue weighted by Gasteiger charge is -2.56. The standard InChI is InChI=1S/C29H48/c1-19(2)20(3)10-11-22(5)25-14-15-26-23-12-13-24-21(4)9-8-17-28(24,6)27(23)16-18-29(25,26)7/h19,21-22,24-26H,3,8-18H2,1-2,4-7H3/t21-,22-,24?,25-,26+,28+,29-/m1/s1. The molecule has 4 aliphatic carbocycles. The van der Waals surface area contributed by atoms with E-state index in [1.165, 1.54) is 76.2 Å². The maximum Gasteiger partial charge on any atom is -0.00827 e. The minimum atomic E-state index is 0.547. The Bertz CT molecular complexity index is 666. The Balaban J connectivity index is 1.54. The average molecular weight is 397 g/mol. The van der Waals surface area contributed by atoms with Gasteiger partial charge in [-0.3, -0.25) is 0 Å². The van der Waals surface area contributed by atoms with E-state index in [0.717, 1.165) is 29.6 Å². The second-order valence-corrected chi connectivity index (χ2v) is 12.5. The fourth-order valence-corrected chi connectivity index (χ4v) is 8.87. The van der Waals surface area contributed by atoms with Gasteiger partial charge < -0.3 is 0 Å². The topological polar surface area (TPSA) is 0 Å². The van der Waals surface area contributed by atoms with Gasteiger partial charge >= 0.3 is 0 Å². The predicted octanol–water partition coefficient (Wildman–Crippen LogP) is 8.97. The molecule has 1 unspecified atom stereocenters. The molecule has 0 amide bonds. The Hall–Kier alpha value is -0.520. The molecule has 164 valence electrons. The van der Waals surface area contributed by atoms with Crippen molar-refractivity contribution in [1.29, 1.82) is 0 Å². The monoisotopic (exact) mass is 396 g/mol. The van der Waals surface area contributed by atoms with Crippen molar-refractivity contribution in [2.24, 2.45) is 46.3 Å². The van der Waals surface area contributed by atoms with Crippen LogP contribution in [0.2, 0.25) is 0 Å². The Morgan fingerprint density at radius 2 is 1.79 bits per heavy atom. The van der Waals surface area contributed by atoms with Crippen LogP contribution in [-0.4, -0.2) is 0 Å². The molecule has 0 spiro atoms. The van der Waals surface area contributed by atoms with Crippen LogP contribution in [0.25, 0.3) is 0 Å². The van der Waals surface area contributed by atoms with Crippen molar-refractivity contribution < 1.29 is 0 Å². The molecule has 7 atom stereocenters. The van der Waals surface area contributed by atoms with Gasteiger partial charge in [-0.05, 0) is 104 Å². The van der Waals surface area contributed by atoms with Gasteiger partial charge in [0.1, 0.15) is 0 Å². The summed E-state index contributed by atoms with van der Waals surface area (Å²) in [6.45, 7) is 19.5. The predicted molar refractivity (Wildman–Crippen MR) is 127 cm³/mol. The highest BCUT2D eigenvalue weighted by molar-refractivity contribution is 5.34. The minimum absolute atomic E-state index is 0.547. The normalized spacial score (nSPS) is 43.0. The Morgan fingerprint density at radius 1 is 1.03 bits per heavy atom. The molecule has 4 aliphatic rings. The molecule has 2 saturated carbocycles. The quantitative estimate of drug-likeness (QED) is 0.407. The van der Waals surface area contributed by atoms with E-state index in [1.807, 2.05) is 11.1 Å². The molecule has 0 bridgehead atoms. The number of hydrogen-bond donors (Lipinski definition) is 0. The molecule has 0 aromatic carbocycles. The SMILES string of the molecule is C=C(CC[C@@H](C)[C@H]1CC[C@H]2C3=C(CC[C@]12C)[C@@]1(C)CCC[C@@H](C)C1CC3)C(C)C. The summed E-state index contributed by atoms with van der Waals surface area (Å²) in [5.74, 6) is 5.24. The fourth-order valence-electron chi connectivity index (χ4n) is 8.87. The van der Waals surface area contributed by atoms with Gasteiger partial charge in [0, 0.05) is 0 Å². The van der Waals surface area contributed by atoms with Gasteiger partial charge in [0.05, 0.1) is 0 Å². The van der Waals surface area contributed by atoms with Crippen molar-refractivity contribution in [3.63, 3.8) is 0 Å². The van der Waals surface area contributed by atoms with Crippen molar-refractivity contribution in [3.8, 4) is 0 Å². The first-order valence-corrected chi connectivity index (χ1v) is 13.1. The molecule has 0 aromatic rings. The van der Waals surface area contributed by atoms with Gasteiger partial charge in [0.25, 0.3) is 0 Å². The van der Waals surface area contributed by atoms with Crippen LogP contribution in [0.15, 0.2) is 23.3 Å². The van der Waals surface area contributed by atoms with Gasteiger partial charge in [-0.25, -0.2) is 0 Å².